The van der Waals surface area contributed by atoms with E-state index in [1.54, 1.807) is 19.2 Å². The maximum Gasteiger partial charge on any atom is 0.315 e. The normalized spacial score (nSPS) is 14.8. The summed E-state index contributed by atoms with van der Waals surface area (Å²) in [6.45, 7) is 0.954. The van der Waals surface area contributed by atoms with Gasteiger partial charge in [-0.1, -0.05) is 30.3 Å². The lowest BCUT2D eigenvalue weighted by Crippen LogP contribution is -2.39. The first-order valence-electron chi connectivity index (χ1n) is 8.03. The van der Waals surface area contributed by atoms with E-state index in [0.29, 0.717) is 13.1 Å². The van der Waals surface area contributed by atoms with Crippen LogP contribution >= 0.6 is 0 Å². The molecule has 0 spiro atoms. The summed E-state index contributed by atoms with van der Waals surface area (Å²) < 4.78 is 18.3. The average molecular weight is 328 g/mol. The molecular weight excluding hydrogens is 307 g/mol. The molecule has 0 saturated heterocycles. The van der Waals surface area contributed by atoms with Crippen molar-refractivity contribution in [3.8, 4) is 5.75 Å². The smallest absolute Gasteiger partial charge is 0.315 e. The number of amides is 2. The molecule has 0 bridgehead atoms. The zero-order valence-corrected chi connectivity index (χ0v) is 13.6. The SMILES string of the molecule is COc1ccccc1CNC(=O)NCC1(c2ccc(F)cc2)CC1. The molecule has 2 aromatic rings. The Balaban J connectivity index is 1.52. The number of carbonyl (C=O) groups is 1. The summed E-state index contributed by atoms with van der Waals surface area (Å²) >= 11 is 0. The van der Waals surface area contributed by atoms with Crippen LogP contribution in [0, 0.1) is 5.82 Å². The highest BCUT2D eigenvalue weighted by atomic mass is 19.1. The van der Waals surface area contributed by atoms with E-state index < -0.39 is 0 Å². The molecule has 2 aromatic carbocycles. The summed E-state index contributed by atoms with van der Waals surface area (Å²) in [7, 11) is 1.61. The van der Waals surface area contributed by atoms with Gasteiger partial charge in [0.1, 0.15) is 11.6 Å². The van der Waals surface area contributed by atoms with Crippen LogP contribution in [0.3, 0.4) is 0 Å². The van der Waals surface area contributed by atoms with E-state index in [-0.39, 0.29) is 17.3 Å². The standard InChI is InChI=1S/C19H21FN2O2/c1-24-17-5-3-2-4-14(17)12-21-18(23)22-13-19(10-11-19)15-6-8-16(20)9-7-15/h2-9H,10-13H2,1H3,(H2,21,22,23). The fourth-order valence-corrected chi connectivity index (χ4v) is 2.86. The molecule has 1 fully saturated rings. The van der Waals surface area contributed by atoms with Crippen LogP contribution in [-0.4, -0.2) is 19.7 Å². The summed E-state index contributed by atoms with van der Waals surface area (Å²) in [6.07, 6.45) is 2.01. The third kappa shape index (κ3) is 3.67. The zero-order valence-electron chi connectivity index (χ0n) is 13.6. The van der Waals surface area contributed by atoms with E-state index in [9.17, 15) is 9.18 Å². The lowest BCUT2D eigenvalue weighted by Gasteiger charge is -2.17. The van der Waals surface area contributed by atoms with Crippen LogP contribution in [0.4, 0.5) is 9.18 Å². The summed E-state index contributed by atoms with van der Waals surface area (Å²) in [5.74, 6) is 0.514. The Morgan fingerprint density at radius 1 is 1.12 bits per heavy atom. The van der Waals surface area contributed by atoms with E-state index in [0.717, 1.165) is 29.7 Å². The molecule has 126 valence electrons. The Morgan fingerprint density at radius 2 is 1.83 bits per heavy atom. The maximum atomic E-state index is 13.0. The van der Waals surface area contributed by atoms with Crippen LogP contribution in [0.25, 0.3) is 0 Å². The van der Waals surface area contributed by atoms with Crippen molar-refractivity contribution in [2.75, 3.05) is 13.7 Å². The second-order valence-corrected chi connectivity index (χ2v) is 6.14. The van der Waals surface area contributed by atoms with Crippen LogP contribution in [0.5, 0.6) is 5.75 Å². The molecule has 0 atom stereocenters. The summed E-state index contributed by atoms with van der Waals surface area (Å²) in [5, 5.41) is 5.77. The molecule has 0 aliphatic heterocycles. The van der Waals surface area contributed by atoms with Gasteiger partial charge in [-0.15, -0.1) is 0 Å². The number of nitrogens with one attached hydrogen (secondary N) is 2. The first-order valence-corrected chi connectivity index (χ1v) is 8.03. The first-order chi connectivity index (χ1) is 11.6. The Morgan fingerprint density at radius 3 is 2.50 bits per heavy atom. The topological polar surface area (TPSA) is 50.4 Å². The van der Waals surface area contributed by atoms with Crippen molar-refractivity contribution in [1.29, 1.82) is 0 Å². The molecule has 1 aliphatic carbocycles. The molecule has 0 radical (unpaired) electrons. The van der Waals surface area contributed by atoms with Gasteiger partial charge in [-0.2, -0.15) is 0 Å². The number of hydrogen-bond donors (Lipinski definition) is 2. The predicted octanol–water partition coefficient (Wildman–Crippen LogP) is 3.37. The van der Waals surface area contributed by atoms with Crippen molar-refractivity contribution in [3.63, 3.8) is 0 Å². The van der Waals surface area contributed by atoms with Crippen molar-refractivity contribution < 1.29 is 13.9 Å². The largest absolute Gasteiger partial charge is 0.496 e. The van der Waals surface area contributed by atoms with Crippen LogP contribution < -0.4 is 15.4 Å². The number of methoxy groups -OCH3 is 1. The lowest BCUT2D eigenvalue weighted by atomic mass is 9.96. The molecule has 0 heterocycles. The highest BCUT2D eigenvalue weighted by molar-refractivity contribution is 5.74. The number of para-hydroxylation sites is 1. The highest BCUT2D eigenvalue weighted by Gasteiger charge is 2.44. The Kier molecular flexibility index (Phi) is 4.69. The minimum Gasteiger partial charge on any atom is -0.496 e. The molecular formula is C19H21FN2O2. The van der Waals surface area contributed by atoms with Crippen LogP contribution in [0.15, 0.2) is 48.5 Å². The van der Waals surface area contributed by atoms with E-state index >= 15 is 0 Å². The first kappa shape index (κ1) is 16.3. The van der Waals surface area contributed by atoms with E-state index in [1.165, 1.54) is 12.1 Å². The second-order valence-electron chi connectivity index (χ2n) is 6.14. The van der Waals surface area contributed by atoms with Crippen LogP contribution in [-0.2, 0) is 12.0 Å². The predicted molar refractivity (Wildman–Crippen MR) is 90.5 cm³/mol. The fraction of sp³-hybridized carbons (Fsp3) is 0.316. The quantitative estimate of drug-likeness (QED) is 0.854. The number of ether oxygens (including phenoxy) is 1. The number of hydrogen-bond acceptors (Lipinski definition) is 2. The van der Waals surface area contributed by atoms with Crippen molar-refractivity contribution >= 4 is 6.03 Å². The van der Waals surface area contributed by atoms with Gasteiger partial charge >= 0.3 is 6.03 Å². The van der Waals surface area contributed by atoms with Gasteiger partial charge in [0.2, 0.25) is 0 Å². The van der Waals surface area contributed by atoms with Gasteiger partial charge in [0.25, 0.3) is 0 Å². The molecule has 2 amide bonds. The van der Waals surface area contributed by atoms with Gasteiger partial charge in [-0.25, -0.2) is 9.18 Å². The van der Waals surface area contributed by atoms with Crippen molar-refractivity contribution in [2.45, 2.75) is 24.8 Å². The third-order valence-corrected chi connectivity index (χ3v) is 4.53. The lowest BCUT2D eigenvalue weighted by molar-refractivity contribution is 0.239. The number of urea groups is 1. The molecule has 1 saturated carbocycles. The average Bonchev–Trinajstić information content (AvgIpc) is 3.40. The fourth-order valence-electron chi connectivity index (χ4n) is 2.86. The van der Waals surface area contributed by atoms with E-state index in [2.05, 4.69) is 10.6 Å². The number of carbonyl (C=O) groups excluding carboxylic acids is 1. The van der Waals surface area contributed by atoms with Gasteiger partial charge in [-0.05, 0) is 36.6 Å². The monoisotopic (exact) mass is 328 g/mol. The van der Waals surface area contributed by atoms with Crippen LogP contribution in [0.1, 0.15) is 24.0 Å². The minimum atomic E-state index is -0.239. The molecule has 1 aliphatic rings. The molecule has 5 heteroatoms. The van der Waals surface area contributed by atoms with Crippen molar-refractivity contribution in [1.82, 2.24) is 10.6 Å². The third-order valence-electron chi connectivity index (χ3n) is 4.53. The van der Waals surface area contributed by atoms with Gasteiger partial charge in [0.15, 0.2) is 0 Å². The summed E-state index contributed by atoms with van der Waals surface area (Å²) in [4.78, 5) is 12.1. The Bertz CT molecular complexity index is 712. The van der Waals surface area contributed by atoms with E-state index in [1.807, 2.05) is 24.3 Å². The number of rotatable bonds is 6. The molecule has 3 rings (SSSR count). The Labute approximate surface area is 141 Å². The van der Waals surface area contributed by atoms with Crippen molar-refractivity contribution in [3.05, 3.63) is 65.5 Å². The highest BCUT2D eigenvalue weighted by Crippen LogP contribution is 2.47. The van der Waals surface area contributed by atoms with Gasteiger partial charge in [-0.3, -0.25) is 0 Å². The van der Waals surface area contributed by atoms with Gasteiger partial charge in [0.05, 0.1) is 7.11 Å². The summed E-state index contributed by atoms with van der Waals surface area (Å²) in [5.41, 5.74) is 1.96. The van der Waals surface area contributed by atoms with Crippen molar-refractivity contribution in [2.24, 2.45) is 0 Å². The molecule has 2 N–H and O–H groups in total. The second kappa shape index (κ2) is 6.91. The number of benzene rings is 2. The van der Waals surface area contributed by atoms with Gasteiger partial charge < -0.3 is 15.4 Å². The zero-order chi connectivity index (χ0) is 17.0. The number of halogens is 1. The van der Waals surface area contributed by atoms with Crippen LogP contribution in [0.2, 0.25) is 0 Å². The molecule has 0 unspecified atom stereocenters. The molecule has 24 heavy (non-hydrogen) atoms. The minimum absolute atomic E-state index is 0.0462. The maximum absolute atomic E-state index is 13.0. The van der Waals surface area contributed by atoms with E-state index in [4.69, 9.17) is 4.74 Å². The molecule has 4 nitrogen and oxygen atoms in total. The van der Waals surface area contributed by atoms with Gasteiger partial charge in [0, 0.05) is 24.1 Å². The Hall–Kier alpha value is -2.56. The molecule has 0 aromatic heterocycles. The summed E-state index contributed by atoms with van der Waals surface area (Å²) in [6, 6.07) is 13.9.